The first kappa shape index (κ1) is 20.3. The Morgan fingerprint density at radius 3 is 2.60 bits per heavy atom. The molecule has 0 N–H and O–H groups in total. The minimum absolute atomic E-state index is 0.00494. The number of rotatable bonds is 4. The molecule has 7 nitrogen and oxygen atoms in total. The van der Waals surface area contributed by atoms with Gasteiger partial charge >= 0.3 is 0 Å². The van der Waals surface area contributed by atoms with Crippen molar-refractivity contribution in [3.05, 3.63) is 59.4 Å². The van der Waals surface area contributed by atoms with Gasteiger partial charge in [-0.3, -0.25) is 14.7 Å². The Kier molecular flexibility index (Phi) is 6.57. The third-order valence-electron chi connectivity index (χ3n) is 5.70. The maximum absolute atomic E-state index is 13.1. The highest BCUT2D eigenvalue weighted by Gasteiger charge is 2.22. The predicted molar refractivity (Wildman–Crippen MR) is 114 cm³/mol. The van der Waals surface area contributed by atoms with Crippen LogP contribution >= 0.6 is 0 Å². The molecule has 0 spiro atoms. The highest BCUT2D eigenvalue weighted by molar-refractivity contribution is 5.93. The topological polar surface area (TPSA) is 72.7 Å². The van der Waals surface area contributed by atoms with E-state index in [0.29, 0.717) is 31.0 Å². The number of benzene rings is 1. The largest absolute Gasteiger partial charge is 0.378 e. The summed E-state index contributed by atoms with van der Waals surface area (Å²) in [4.78, 5) is 24.0. The number of amides is 1. The lowest BCUT2D eigenvalue weighted by Gasteiger charge is -2.29. The van der Waals surface area contributed by atoms with Crippen LogP contribution in [0.15, 0.2) is 42.6 Å². The molecule has 30 heavy (non-hydrogen) atoms. The fourth-order valence-electron chi connectivity index (χ4n) is 3.99. The van der Waals surface area contributed by atoms with Crippen molar-refractivity contribution in [2.75, 3.05) is 57.4 Å². The number of carbonyl (C=O) groups excluding carboxylic acids is 1. The molecule has 2 fully saturated rings. The minimum atomic E-state index is 0.00494. The lowest BCUT2D eigenvalue weighted by Crippen LogP contribution is -2.37. The van der Waals surface area contributed by atoms with Crippen LogP contribution in [0.2, 0.25) is 0 Å². The molecule has 2 aliphatic rings. The molecule has 1 amide bonds. The second-order valence-corrected chi connectivity index (χ2v) is 7.73. The Morgan fingerprint density at radius 2 is 1.83 bits per heavy atom. The van der Waals surface area contributed by atoms with Gasteiger partial charge in [0.2, 0.25) is 0 Å². The average molecular weight is 406 g/mol. The number of carbonyl (C=O) groups is 1. The summed E-state index contributed by atoms with van der Waals surface area (Å²) in [6.07, 6.45) is 2.66. The maximum Gasteiger partial charge on any atom is 0.272 e. The van der Waals surface area contributed by atoms with Crippen molar-refractivity contribution in [2.45, 2.75) is 13.0 Å². The molecule has 2 aliphatic heterocycles. The Morgan fingerprint density at radius 1 is 1.03 bits per heavy atom. The van der Waals surface area contributed by atoms with Crippen LogP contribution in [0.4, 0.5) is 5.69 Å². The van der Waals surface area contributed by atoms with E-state index in [1.807, 2.05) is 41.3 Å². The van der Waals surface area contributed by atoms with Crippen molar-refractivity contribution >= 4 is 11.6 Å². The summed E-state index contributed by atoms with van der Waals surface area (Å²) in [5.41, 5.74) is 3.42. The van der Waals surface area contributed by atoms with Crippen LogP contribution in [0.1, 0.15) is 28.0 Å². The molecule has 0 saturated carbocycles. The highest BCUT2D eigenvalue weighted by Crippen LogP contribution is 2.18. The summed E-state index contributed by atoms with van der Waals surface area (Å²) in [5.74, 6) is 0.00494. The van der Waals surface area contributed by atoms with E-state index in [9.17, 15) is 4.79 Å². The Hall–Kier alpha value is -2.95. The van der Waals surface area contributed by atoms with Gasteiger partial charge in [0.25, 0.3) is 5.91 Å². The predicted octanol–water partition coefficient (Wildman–Crippen LogP) is 2.14. The molecular formula is C23H27N5O2. The van der Waals surface area contributed by atoms with Gasteiger partial charge in [0.05, 0.1) is 24.8 Å². The molecular weight excluding hydrogens is 378 g/mol. The van der Waals surface area contributed by atoms with Crippen LogP contribution in [-0.4, -0.2) is 73.2 Å². The molecule has 0 atom stereocenters. The number of hydrogen-bond acceptors (Lipinski definition) is 6. The highest BCUT2D eigenvalue weighted by atomic mass is 16.5. The third kappa shape index (κ3) is 4.96. The van der Waals surface area contributed by atoms with Gasteiger partial charge in [0.1, 0.15) is 5.69 Å². The van der Waals surface area contributed by atoms with Crippen LogP contribution < -0.4 is 4.90 Å². The molecule has 7 heteroatoms. The molecule has 2 saturated heterocycles. The van der Waals surface area contributed by atoms with Crippen molar-refractivity contribution in [2.24, 2.45) is 0 Å². The fourth-order valence-corrected chi connectivity index (χ4v) is 3.99. The number of morpholine rings is 1. The van der Waals surface area contributed by atoms with E-state index in [4.69, 9.17) is 10.00 Å². The van der Waals surface area contributed by atoms with Gasteiger partial charge < -0.3 is 14.5 Å². The summed E-state index contributed by atoms with van der Waals surface area (Å²) < 4.78 is 5.42. The number of nitrogens with zero attached hydrogens (tertiary/aromatic N) is 5. The van der Waals surface area contributed by atoms with Crippen LogP contribution in [0.5, 0.6) is 0 Å². The lowest BCUT2D eigenvalue weighted by atomic mass is 10.1. The Balaban J connectivity index is 1.36. The zero-order valence-corrected chi connectivity index (χ0v) is 17.2. The number of anilines is 1. The van der Waals surface area contributed by atoms with Gasteiger partial charge in [-0.2, -0.15) is 5.26 Å². The van der Waals surface area contributed by atoms with Crippen molar-refractivity contribution in [3.8, 4) is 6.07 Å². The SMILES string of the molecule is N#Cc1ccc(CN2CCCN(C(=O)c3cc(N4CCOCC4)ccn3)CC2)cc1. The van der Waals surface area contributed by atoms with E-state index in [1.165, 1.54) is 5.56 Å². The number of aromatic nitrogens is 1. The summed E-state index contributed by atoms with van der Waals surface area (Å²) >= 11 is 0. The summed E-state index contributed by atoms with van der Waals surface area (Å²) in [6, 6.07) is 13.8. The second-order valence-electron chi connectivity index (χ2n) is 7.73. The van der Waals surface area contributed by atoms with Crippen molar-refractivity contribution < 1.29 is 9.53 Å². The average Bonchev–Trinajstić information content (AvgIpc) is 3.05. The number of nitriles is 1. The van der Waals surface area contributed by atoms with Gasteiger partial charge in [-0.25, -0.2) is 0 Å². The standard InChI is InChI=1S/C23H27N5O2/c24-17-19-2-4-20(5-3-19)18-26-8-1-9-28(11-10-26)23(29)22-16-21(6-7-25-22)27-12-14-30-15-13-27/h2-7,16H,1,8-15,18H2. The van der Waals surface area contributed by atoms with E-state index in [2.05, 4.69) is 20.9 Å². The number of hydrogen-bond donors (Lipinski definition) is 0. The molecule has 156 valence electrons. The van der Waals surface area contributed by atoms with Crippen LogP contribution in [-0.2, 0) is 11.3 Å². The van der Waals surface area contributed by atoms with Gasteiger partial charge in [0.15, 0.2) is 0 Å². The molecule has 1 aromatic carbocycles. The van der Waals surface area contributed by atoms with Crippen molar-refractivity contribution in [1.82, 2.24) is 14.8 Å². The Labute approximate surface area is 177 Å². The van der Waals surface area contributed by atoms with Crippen molar-refractivity contribution in [3.63, 3.8) is 0 Å². The van der Waals surface area contributed by atoms with E-state index < -0.39 is 0 Å². The number of pyridine rings is 1. The molecule has 0 aliphatic carbocycles. The van der Waals surface area contributed by atoms with E-state index in [1.54, 1.807) is 6.20 Å². The summed E-state index contributed by atoms with van der Waals surface area (Å²) in [5, 5.41) is 8.94. The quantitative estimate of drug-likeness (QED) is 0.776. The molecule has 0 unspecified atom stereocenters. The second kappa shape index (κ2) is 9.70. The Bertz CT molecular complexity index is 903. The van der Waals surface area contributed by atoms with Gasteiger partial charge in [0, 0.05) is 57.7 Å². The smallest absolute Gasteiger partial charge is 0.272 e. The fraction of sp³-hybridized carbons (Fsp3) is 0.435. The van der Waals surface area contributed by atoms with Crippen molar-refractivity contribution in [1.29, 1.82) is 5.26 Å². The molecule has 2 aromatic rings. The van der Waals surface area contributed by atoms with Crippen LogP contribution in [0, 0.1) is 11.3 Å². The molecule has 0 bridgehead atoms. The van der Waals surface area contributed by atoms with E-state index in [-0.39, 0.29) is 5.91 Å². The molecule has 1 aromatic heterocycles. The van der Waals surface area contributed by atoms with E-state index in [0.717, 1.165) is 51.4 Å². The monoisotopic (exact) mass is 405 g/mol. The zero-order valence-electron chi connectivity index (χ0n) is 17.2. The van der Waals surface area contributed by atoms with Gasteiger partial charge in [-0.05, 0) is 36.2 Å². The molecule has 3 heterocycles. The van der Waals surface area contributed by atoms with Crippen LogP contribution in [0.3, 0.4) is 0 Å². The summed E-state index contributed by atoms with van der Waals surface area (Å²) in [6.45, 7) is 7.15. The molecule has 0 radical (unpaired) electrons. The first-order valence-corrected chi connectivity index (χ1v) is 10.5. The molecule has 4 rings (SSSR count). The van der Waals surface area contributed by atoms with Crippen LogP contribution in [0.25, 0.3) is 0 Å². The summed E-state index contributed by atoms with van der Waals surface area (Å²) in [7, 11) is 0. The van der Waals surface area contributed by atoms with Gasteiger partial charge in [-0.1, -0.05) is 12.1 Å². The number of ether oxygens (including phenoxy) is 1. The normalized spacial score (nSPS) is 18.0. The van der Waals surface area contributed by atoms with E-state index >= 15 is 0 Å². The van der Waals surface area contributed by atoms with Gasteiger partial charge in [-0.15, -0.1) is 0 Å². The zero-order chi connectivity index (χ0) is 20.8. The minimum Gasteiger partial charge on any atom is -0.378 e. The third-order valence-corrected chi connectivity index (χ3v) is 5.70. The lowest BCUT2D eigenvalue weighted by molar-refractivity contribution is 0.0755. The maximum atomic E-state index is 13.1. The first-order chi connectivity index (χ1) is 14.7. The first-order valence-electron chi connectivity index (χ1n) is 10.5.